The lowest BCUT2D eigenvalue weighted by atomic mass is 10.0. The molecule has 3 rings (SSSR count). The number of imidazole rings is 1. The second-order valence-electron chi connectivity index (χ2n) is 5.51. The van der Waals surface area contributed by atoms with Crippen molar-refractivity contribution < 1.29 is 13.9 Å². The number of rotatable bonds is 5. The molecular formula is C17H20N2O3. The molecule has 0 saturated carbocycles. The van der Waals surface area contributed by atoms with Crippen molar-refractivity contribution in [1.29, 1.82) is 0 Å². The van der Waals surface area contributed by atoms with E-state index in [4.69, 9.17) is 13.9 Å². The van der Waals surface area contributed by atoms with E-state index in [1.54, 1.807) is 33.0 Å². The number of furan rings is 1. The van der Waals surface area contributed by atoms with Crippen molar-refractivity contribution in [1.82, 2.24) is 9.55 Å². The van der Waals surface area contributed by atoms with Crippen molar-refractivity contribution in [2.24, 2.45) is 0 Å². The molecule has 0 fully saturated rings. The summed E-state index contributed by atoms with van der Waals surface area (Å²) in [5.74, 6) is -0.318. The van der Waals surface area contributed by atoms with Crippen LogP contribution in [-0.2, 0) is 21.8 Å². The predicted molar refractivity (Wildman–Crippen MR) is 83.6 cm³/mol. The van der Waals surface area contributed by atoms with Crippen LogP contribution in [0.1, 0.15) is 16.9 Å². The quantitative estimate of drug-likeness (QED) is 0.678. The van der Waals surface area contributed by atoms with E-state index in [2.05, 4.69) is 31.0 Å². The number of hydrogen-bond acceptors (Lipinski definition) is 4. The fourth-order valence-electron chi connectivity index (χ4n) is 2.96. The lowest BCUT2D eigenvalue weighted by molar-refractivity contribution is -0.234. The highest BCUT2D eigenvalue weighted by atomic mass is 16.7. The van der Waals surface area contributed by atoms with Crippen LogP contribution in [0.4, 0.5) is 0 Å². The molecule has 5 heteroatoms. The van der Waals surface area contributed by atoms with Crippen LogP contribution in [0.25, 0.3) is 10.8 Å². The van der Waals surface area contributed by atoms with E-state index in [1.807, 2.05) is 10.8 Å². The lowest BCUT2D eigenvalue weighted by Crippen LogP contribution is -2.35. The molecule has 0 aliphatic carbocycles. The molecule has 2 heterocycles. The minimum Gasteiger partial charge on any atom is -0.462 e. The van der Waals surface area contributed by atoms with E-state index < -0.39 is 5.79 Å². The number of aryl methyl sites for hydroxylation is 2. The molecule has 22 heavy (non-hydrogen) atoms. The fourth-order valence-corrected chi connectivity index (χ4v) is 2.96. The third-order valence-electron chi connectivity index (χ3n) is 4.00. The largest absolute Gasteiger partial charge is 0.462 e. The van der Waals surface area contributed by atoms with Gasteiger partial charge in [0, 0.05) is 37.4 Å². The van der Waals surface area contributed by atoms with Gasteiger partial charge in [-0.05, 0) is 25.5 Å². The first-order valence-electron chi connectivity index (χ1n) is 7.14. The zero-order chi connectivity index (χ0) is 15.7. The number of fused-ring (bicyclic) bond motifs is 1. The van der Waals surface area contributed by atoms with Gasteiger partial charge in [0.15, 0.2) is 5.76 Å². The molecule has 0 atom stereocenters. The molecule has 0 bridgehead atoms. The predicted octanol–water partition coefficient (Wildman–Crippen LogP) is 3.39. The first kappa shape index (κ1) is 14.8. The van der Waals surface area contributed by atoms with Gasteiger partial charge in [-0.1, -0.05) is 11.6 Å². The summed E-state index contributed by atoms with van der Waals surface area (Å²) >= 11 is 0. The van der Waals surface area contributed by atoms with Gasteiger partial charge in [0.05, 0.1) is 19.1 Å². The van der Waals surface area contributed by atoms with E-state index in [0.717, 1.165) is 16.3 Å². The van der Waals surface area contributed by atoms with Crippen LogP contribution in [0, 0.1) is 13.8 Å². The molecule has 1 aromatic carbocycles. The Morgan fingerprint density at radius 3 is 2.64 bits per heavy atom. The van der Waals surface area contributed by atoms with Gasteiger partial charge in [0.1, 0.15) is 0 Å². The summed E-state index contributed by atoms with van der Waals surface area (Å²) in [6.07, 6.45) is 7.08. The van der Waals surface area contributed by atoms with E-state index >= 15 is 0 Å². The zero-order valence-corrected chi connectivity index (χ0v) is 13.3. The summed E-state index contributed by atoms with van der Waals surface area (Å²) in [6.45, 7) is 4.60. The smallest absolute Gasteiger partial charge is 0.247 e. The molecule has 0 spiro atoms. The van der Waals surface area contributed by atoms with Gasteiger partial charge in [-0.15, -0.1) is 0 Å². The topological polar surface area (TPSA) is 49.4 Å². The Balaban J connectivity index is 2.16. The Labute approximate surface area is 129 Å². The minimum atomic E-state index is -0.998. The fraction of sp³-hybridized carbons (Fsp3) is 0.353. The Morgan fingerprint density at radius 1 is 1.23 bits per heavy atom. The van der Waals surface area contributed by atoms with E-state index in [0.29, 0.717) is 12.3 Å². The Bertz CT molecular complexity index is 771. The molecule has 2 aromatic heterocycles. The maximum absolute atomic E-state index is 5.86. The number of hydrogen-bond donors (Lipinski definition) is 0. The van der Waals surface area contributed by atoms with Crippen molar-refractivity contribution in [2.45, 2.75) is 26.2 Å². The maximum Gasteiger partial charge on any atom is 0.247 e. The number of aromatic nitrogens is 2. The van der Waals surface area contributed by atoms with Crippen LogP contribution in [0.15, 0.2) is 41.5 Å². The molecule has 116 valence electrons. The minimum absolute atomic E-state index is 0.454. The second-order valence-corrected chi connectivity index (χ2v) is 5.51. The highest BCUT2D eigenvalue weighted by Gasteiger charge is 2.38. The summed E-state index contributed by atoms with van der Waals surface area (Å²) in [5, 5.41) is 2.09. The van der Waals surface area contributed by atoms with Gasteiger partial charge < -0.3 is 18.5 Å². The number of benzene rings is 1. The van der Waals surface area contributed by atoms with Gasteiger partial charge in [-0.2, -0.15) is 0 Å². The highest BCUT2D eigenvalue weighted by molar-refractivity contribution is 5.88. The summed E-state index contributed by atoms with van der Waals surface area (Å²) in [7, 11) is 3.25. The monoisotopic (exact) mass is 300 g/mol. The Kier molecular flexibility index (Phi) is 3.76. The van der Waals surface area contributed by atoms with Crippen LogP contribution in [0.3, 0.4) is 0 Å². The molecule has 0 saturated heterocycles. The van der Waals surface area contributed by atoms with E-state index in [-0.39, 0.29) is 0 Å². The van der Waals surface area contributed by atoms with Crippen LogP contribution in [0.5, 0.6) is 0 Å². The molecule has 3 aromatic rings. The van der Waals surface area contributed by atoms with Gasteiger partial charge >= 0.3 is 0 Å². The molecule has 0 amide bonds. The number of methoxy groups -OCH3 is 2. The second kappa shape index (κ2) is 5.59. The summed E-state index contributed by atoms with van der Waals surface area (Å²) in [4.78, 5) is 4.07. The molecular weight excluding hydrogens is 280 g/mol. The average Bonchev–Trinajstić information content (AvgIpc) is 3.14. The summed E-state index contributed by atoms with van der Waals surface area (Å²) < 4.78 is 19.2. The maximum atomic E-state index is 5.86. The normalized spacial score (nSPS) is 12.2. The molecule has 5 nitrogen and oxygen atoms in total. The van der Waals surface area contributed by atoms with Crippen LogP contribution in [0.2, 0.25) is 0 Å². The average molecular weight is 300 g/mol. The molecule has 0 aliphatic rings. The third kappa shape index (κ3) is 2.32. The molecule has 0 unspecified atom stereocenters. The van der Waals surface area contributed by atoms with Gasteiger partial charge in [0.25, 0.3) is 0 Å². The molecule has 0 radical (unpaired) electrons. The van der Waals surface area contributed by atoms with Crippen molar-refractivity contribution in [3.05, 3.63) is 54.0 Å². The third-order valence-corrected chi connectivity index (χ3v) is 4.00. The van der Waals surface area contributed by atoms with E-state index in [1.165, 1.54) is 5.56 Å². The van der Waals surface area contributed by atoms with Crippen LogP contribution in [-0.4, -0.2) is 23.8 Å². The van der Waals surface area contributed by atoms with Crippen molar-refractivity contribution in [3.8, 4) is 0 Å². The number of ether oxygens (including phenoxy) is 2. The van der Waals surface area contributed by atoms with Crippen LogP contribution < -0.4 is 0 Å². The van der Waals surface area contributed by atoms with Gasteiger partial charge in [0.2, 0.25) is 5.79 Å². The Morgan fingerprint density at radius 2 is 2.00 bits per heavy atom. The Hall–Kier alpha value is -2.11. The molecule has 0 aliphatic heterocycles. The lowest BCUT2D eigenvalue weighted by Gasteiger charge is -2.29. The SMILES string of the molecule is COC(Cn1ccnc1)(OC)c1occ2cc(C)cc(C)c12. The van der Waals surface area contributed by atoms with E-state index in [9.17, 15) is 0 Å². The first-order valence-corrected chi connectivity index (χ1v) is 7.14. The van der Waals surface area contributed by atoms with Gasteiger partial charge in [-0.25, -0.2) is 4.98 Å². The molecule has 0 N–H and O–H groups in total. The highest BCUT2D eigenvalue weighted by Crippen LogP contribution is 2.37. The van der Waals surface area contributed by atoms with Crippen molar-refractivity contribution >= 4 is 10.8 Å². The standard InChI is InChI=1S/C17H20N2O3/c1-12-7-13(2)15-14(8-12)9-22-16(15)17(20-3,21-4)10-19-6-5-18-11-19/h5-9,11H,10H2,1-4H3. The summed E-state index contributed by atoms with van der Waals surface area (Å²) in [5.41, 5.74) is 2.34. The number of nitrogens with zero attached hydrogens (tertiary/aromatic N) is 2. The van der Waals surface area contributed by atoms with Gasteiger partial charge in [-0.3, -0.25) is 0 Å². The summed E-state index contributed by atoms with van der Waals surface area (Å²) in [6, 6.07) is 4.23. The zero-order valence-electron chi connectivity index (χ0n) is 13.3. The van der Waals surface area contributed by atoms with Crippen molar-refractivity contribution in [2.75, 3.05) is 14.2 Å². The first-order chi connectivity index (χ1) is 10.6. The van der Waals surface area contributed by atoms with Crippen molar-refractivity contribution in [3.63, 3.8) is 0 Å². The van der Waals surface area contributed by atoms with Crippen LogP contribution >= 0.6 is 0 Å².